The summed E-state index contributed by atoms with van der Waals surface area (Å²) in [5, 5.41) is 2.31. The lowest BCUT2D eigenvalue weighted by Crippen LogP contribution is -1.83. The summed E-state index contributed by atoms with van der Waals surface area (Å²) in [6.45, 7) is 0. The normalized spacial score (nSPS) is 15.7. The van der Waals surface area contributed by atoms with Crippen molar-refractivity contribution in [2.24, 2.45) is 0 Å². The quantitative estimate of drug-likeness (QED) is 0.712. The van der Waals surface area contributed by atoms with E-state index in [1.807, 2.05) is 23.5 Å². The van der Waals surface area contributed by atoms with Crippen LogP contribution < -0.4 is 0 Å². The Hall–Kier alpha value is -1.12. The van der Waals surface area contributed by atoms with Crippen molar-refractivity contribution < 1.29 is 0 Å². The summed E-state index contributed by atoms with van der Waals surface area (Å²) in [7, 11) is 0. The van der Waals surface area contributed by atoms with Crippen LogP contribution in [0.5, 0.6) is 0 Å². The molecule has 0 N–H and O–H groups in total. The molecule has 2 aromatic carbocycles. The zero-order chi connectivity index (χ0) is 12.9. The second-order valence-electron chi connectivity index (χ2n) is 4.50. The molecule has 0 amide bonds. The summed E-state index contributed by atoms with van der Waals surface area (Å²) in [6.07, 6.45) is 1.30. The van der Waals surface area contributed by atoms with E-state index in [2.05, 4.69) is 60.0 Å². The fourth-order valence-electron chi connectivity index (χ4n) is 2.10. The minimum Gasteiger partial charge on any atom is -0.133 e. The van der Waals surface area contributed by atoms with Gasteiger partial charge < -0.3 is 0 Å². The summed E-state index contributed by atoms with van der Waals surface area (Å²) in [5.74, 6) is 2.48. The van der Waals surface area contributed by atoms with Gasteiger partial charge in [0.15, 0.2) is 0 Å². The Morgan fingerprint density at radius 3 is 2.16 bits per heavy atom. The minimum absolute atomic E-state index is 1.24. The third kappa shape index (κ3) is 3.26. The molecule has 2 aromatic rings. The summed E-state index contributed by atoms with van der Waals surface area (Å²) in [5.41, 5.74) is 3.92. The molecule has 0 spiro atoms. The summed E-state index contributed by atoms with van der Waals surface area (Å²) >= 11 is 3.92. The van der Waals surface area contributed by atoms with Crippen LogP contribution >= 0.6 is 23.5 Å². The average Bonchev–Trinajstić information content (AvgIpc) is 2.77. The molecular weight excluding hydrogens is 268 g/mol. The van der Waals surface area contributed by atoms with Crippen LogP contribution in [0.25, 0.3) is 16.0 Å². The molecule has 1 heterocycles. The predicted molar refractivity (Wildman–Crippen MR) is 89.4 cm³/mol. The molecular formula is C17H16S2. The van der Waals surface area contributed by atoms with Crippen molar-refractivity contribution in [1.82, 2.24) is 0 Å². The molecule has 0 unspecified atom stereocenters. The fraction of sp³-hybridized carbons (Fsp3) is 0.176. The molecule has 96 valence electrons. The lowest BCUT2D eigenvalue weighted by Gasteiger charge is -2.07. The fourth-order valence-corrected chi connectivity index (χ4v) is 4.29. The summed E-state index contributed by atoms with van der Waals surface area (Å²) in [6, 6.07) is 19.5. The van der Waals surface area contributed by atoms with Crippen molar-refractivity contribution in [3.63, 3.8) is 0 Å². The van der Waals surface area contributed by atoms with Gasteiger partial charge in [-0.15, -0.1) is 23.5 Å². The molecule has 1 aliphatic rings. The van der Waals surface area contributed by atoms with E-state index in [0.29, 0.717) is 0 Å². The van der Waals surface area contributed by atoms with Gasteiger partial charge in [-0.1, -0.05) is 54.6 Å². The zero-order valence-corrected chi connectivity index (χ0v) is 12.3. The molecule has 3 rings (SSSR count). The van der Waals surface area contributed by atoms with Crippen LogP contribution in [0, 0.1) is 0 Å². The van der Waals surface area contributed by atoms with E-state index in [-0.39, 0.29) is 0 Å². The number of hydrogen-bond donors (Lipinski definition) is 0. The highest BCUT2D eigenvalue weighted by molar-refractivity contribution is 8.10. The van der Waals surface area contributed by atoms with Crippen molar-refractivity contribution in [2.75, 3.05) is 11.5 Å². The zero-order valence-electron chi connectivity index (χ0n) is 10.7. The van der Waals surface area contributed by atoms with E-state index >= 15 is 0 Å². The molecule has 0 aromatic heterocycles. The Kier molecular flexibility index (Phi) is 4.31. The molecule has 1 aliphatic heterocycles. The van der Waals surface area contributed by atoms with Crippen molar-refractivity contribution in [3.8, 4) is 11.1 Å². The van der Waals surface area contributed by atoms with Gasteiger partial charge in [-0.2, -0.15) is 0 Å². The highest BCUT2D eigenvalue weighted by Crippen LogP contribution is 2.34. The molecule has 0 fully saturated rings. The third-order valence-electron chi connectivity index (χ3n) is 3.13. The maximum atomic E-state index is 2.31. The van der Waals surface area contributed by atoms with Crippen molar-refractivity contribution in [2.45, 2.75) is 6.42 Å². The van der Waals surface area contributed by atoms with Crippen molar-refractivity contribution >= 4 is 28.4 Å². The number of benzene rings is 2. The largest absolute Gasteiger partial charge is 0.133 e. The lowest BCUT2D eigenvalue weighted by atomic mass is 10.0. The van der Waals surface area contributed by atoms with Gasteiger partial charge in [-0.05, 0) is 40.0 Å². The molecule has 19 heavy (non-hydrogen) atoms. The maximum Gasteiger partial charge on any atom is 0.0207 e. The number of rotatable bonds is 2. The second kappa shape index (κ2) is 6.36. The van der Waals surface area contributed by atoms with Gasteiger partial charge in [0.25, 0.3) is 0 Å². The van der Waals surface area contributed by atoms with E-state index in [0.717, 1.165) is 0 Å². The topological polar surface area (TPSA) is 0 Å². The van der Waals surface area contributed by atoms with Crippen LogP contribution in [0.4, 0.5) is 0 Å². The Morgan fingerprint density at radius 1 is 0.684 bits per heavy atom. The van der Waals surface area contributed by atoms with Gasteiger partial charge in [-0.3, -0.25) is 0 Å². The van der Waals surface area contributed by atoms with Gasteiger partial charge in [0, 0.05) is 4.91 Å². The molecule has 0 saturated carbocycles. The monoisotopic (exact) mass is 284 g/mol. The van der Waals surface area contributed by atoms with E-state index in [1.165, 1.54) is 39.5 Å². The minimum atomic E-state index is 1.24. The van der Waals surface area contributed by atoms with E-state index in [1.54, 1.807) is 0 Å². The summed E-state index contributed by atoms with van der Waals surface area (Å²) in [4.78, 5) is 1.42. The molecule has 0 atom stereocenters. The Labute approximate surface area is 123 Å². The summed E-state index contributed by atoms with van der Waals surface area (Å²) < 4.78 is 0. The first-order valence-corrected chi connectivity index (χ1v) is 8.57. The smallest absolute Gasteiger partial charge is 0.0207 e. The highest BCUT2D eigenvalue weighted by atomic mass is 32.2. The van der Waals surface area contributed by atoms with Gasteiger partial charge >= 0.3 is 0 Å². The molecule has 0 nitrogen and oxygen atoms in total. The molecule has 0 aliphatic carbocycles. The highest BCUT2D eigenvalue weighted by Gasteiger charge is 2.06. The first-order chi connectivity index (χ1) is 9.43. The van der Waals surface area contributed by atoms with Crippen LogP contribution in [-0.2, 0) is 0 Å². The van der Waals surface area contributed by atoms with Crippen LogP contribution in [0.2, 0.25) is 0 Å². The molecule has 0 radical (unpaired) electrons. The Morgan fingerprint density at radius 2 is 1.37 bits per heavy atom. The van der Waals surface area contributed by atoms with Crippen molar-refractivity contribution in [1.29, 1.82) is 0 Å². The van der Waals surface area contributed by atoms with Gasteiger partial charge in [0.1, 0.15) is 0 Å². The maximum absolute atomic E-state index is 2.31. The lowest BCUT2D eigenvalue weighted by molar-refractivity contribution is 1.13. The molecule has 0 bridgehead atoms. The second-order valence-corrected chi connectivity index (χ2v) is 6.61. The van der Waals surface area contributed by atoms with Gasteiger partial charge in [-0.25, -0.2) is 0 Å². The van der Waals surface area contributed by atoms with Crippen LogP contribution in [0.3, 0.4) is 0 Å². The first-order valence-electron chi connectivity index (χ1n) is 6.54. The van der Waals surface area contributed by atoms with E-state index in [9.17, 15) is 0 Å². The van der Waals surface area contributed by atoms with E-state index < -0.39 is 0 Å². The van der Waals surface area contributed by atoms with Crippen LogP contribution in [0.1, 0.15) is 12.0 Å². The van der Waals surface area contributed by atoms with Gasteiger partial charge in [0.05, 0.1) is 0 Å². The number of thioether (sulfide) groups is 2. The van der Waals surface area contributed by atoms with Gasteiger partial charge in [0.2, 0.25) is 0 Å². The average molecular weight is 284 g/mol. The SMILES string of the molecule is C1=C(c2ccc(-c3ccccc3)cc2)SCCCS1. The van der Waals surface area contributed by atoms with Crippen molar-refractivity contribution in [3.05, 3.63) is 65.6 Å². The van der Waals surface area contributed by atoms with Crippen LogP contribution in [-0.4, -0.2) is 11.5 Å². The predicted octanol–water partition coefficient (Wildman–Crippen LogP) is 5.52. The standard InChI is InChI=1S/C17H16S2/c1-2-5-14(6-3-1)15-7-9-16(10-8-15)17-13-18-11-4-12-19-17/h1-3,5-10,13H,4,11-12H2. The third-order valence-corrected chi connectivity index (χ3v) is 5.36. The number of hydrogen-bond acceptors (Lipinski definition) is 2. The van der Waals surface area contributed by atoms with E-state index in [4.69, 9.17) is 0 Å². The molecule has 2 heteroatoms. The Bertz CT molecular complexity index is 556. The molecule has 0 saturated heterocycles. The Balaban J connectivity index is 1.84. The first kappa shape index (κ1) is 12.9. The van der Waals surface area contributed by atoms with Crippen LogP contribution in [0.15, 0.2) is 60.0 Å².